The van der Waals surface area contributed by atoms with E-state index in [2.05, 4.69) is 10.2 Å². The average Bonchev–Trinajstić information content (AvgIpc) is 2.66. The van der Waals surface area contributed by atoms with Gasteiger partial charge in [0.1, 0.15) is 5.82 Å². The van der Waals surface area contributed by atoms with Crippen LogP contribution in [-0.4, -0.2) is 10.2 Å². The van der Waals surface area contributed by atoms with Crippen molar-refractivity contribution in [2.45, 2.75) is 6.54 Å². The number of rotatable bonds is 2. The first-order valence-corrected chi connectivity index (χ1v) is 4.08. The highest BCUT2D eigenvalue weighted by atomic mass is 19.1. The standard InChI is InChI=1S/C9H8FN3O/c10-7-3-1-2-6(4-7)9-13-12-8(5-11)14-9/h1-4H,5,11H2. The van der Waals surface area contributed by atoms with Crippen molar-refractivity contribution >= 4 is 0 Å². The van der Waals surface area contributed by atoms with E-state index in [4.69, 9.17) is 10.2 Å². The van der Waals surface area contributed by atoms with Gasteiger partial charge < -0.3 is 10.2 Å². The van der Waals surface area contributed by atoms with Gasteiger partial charge in [-0.3, -0.25) is 0 Å². The topological polar surface area (TPSA) is 64.9 Å². The van der Waals surface area contributed by atoms with E-state index in [1.807, 2.05) is 0 Å². The first kappa shape index (κ1) is 8.83. The summed E-state index contributed by atoms with van der Waals surface area (Å²) in [6.45, 7) is 0.183. The Kier molecular flexibility index (Phi) is 2.24. The van der Waals surface area contributed by atoms with E-state index >= 15 is 0 Å². The minimum absolute atomic E-state index is 0.183. The molecule has 1 heterocycles. The van der Waals surface area contributed by atoms with Crippen LogP contribution in [0.3, 0.4) is 0 Å². The molecule has 2 N–H and O–H groups in total. The monoisotopic (exact) mass is 193 g/mol. The van der Waals surface area contributed by atoms with Gasteiger partial charge in [-0.25, -0.2) is 4.39 Å². The van der Waals surface area contributed by atoms with Crippen LogP contribution in [0.25, 0.3) is 11.5 Å². The van der Waals surface area contributed by atoms with Gasteiger partial charge in [0.15, 0.2) is 0 Å². The molecule has 72 valence electrons. The van der Waals surface area contributed by atoms with Crippen molar-refractivity contribution in [1.82, 2.24) is 10.2 Å². The highest BCUT2D eigenvalue weighted by molar-refractivity contribution is 5.52. The number of hydrogen-bond acceptors (Lipinski definition) is 4. The van der Waals surface area contributed by atoms with Gasteiger partial charge in [0.25, 0.3) is 0 Å². The van der Waals surface area contributed by atoms with E-state index in [0.29, 0.717) is 11.5 Å². The van der Waals surface area contributed by atoms with Crippen molar-refractivity contribution in [2.75, 3.05) is 0 Å². The third kappa shape index (κ3) is 1.62. The van der Waals surface area contributed by atoms with Crippen LogP contribution in [0.5, 0.6) is 0 Å². The lowest BCUT2D eigenvalue weighted by atomic mass is 10.2. The summed E-state index contributed by atoms with van der Waals surface area (Å²) in [4.78, 5) is 0. The summed E-state index contributed by atoms with van der Waals surface area (Å²) in [6, 6.07) is 5.95. The first-order valence-electron chi connectivity index (χ1n) is 4.08. The van der Waals surface area contributed by atoms with E-state index in [9.17, 15) is 4.39 Å². The predicted molar refractivity (Wildman–Crippen MR) is 47.6 cm³/mol. The molecule has 0 spiro atoms. The molecule has 0 aliphatic carbocycles. The molecular weight excluding hydrogens is 185 g/mol. The van der Waals surface area contributed by atoms with Gasteiger partial charge in [-0.05, 0) is 18.2 Å². The van der Waals surface area contributed by atoms with Gasteiger partial charge in [0.2, 0.25) is 11.8 Å². The van der Waals surface area contributed by atoms with Crippen LogP contribution in [0.15, 0.2) is 28.7 Å². The summed E-state index contributed by atoms with van der Waals surface area (Å²) in [7, 11) is 0. The Hall–Kier alpha value is -1.75. The van der Waals surface area contributed by atoms with Crippen molar-refractivity contribution < 1.29 is 8.81 Å². The number of hydrogen-bond donors (Lipinski definition) is 1. The van der Waals surface area contributed by atoms with Crippen LogP contribution in [-0.2, 0) is 6.54 Å². The molecule has 0 amide bonds. The van der Waals surface area contributed by atoms with Crippen LogP contribution < -0.4 is 5.73 Å². The number of benzene rings is 1. The van der Waals surface area contributed by atoms with Crippen molar-refractivity contribution in [3.8, 4) is 11.5 Å². The summed E-state index contributed by atoms with van der Waals surface area (Å²) < 4.78 is 18.0. The molecule has 1 aromatic heterocycles. The van der Waals surface area contributed by atoms with E-state index in [1.165, 1.54) is 12.1 Å². The number of nitrogens with zero attached hydrogens (tertiary/aromatic N) is 2. The second-order valence-corrected chi connectivity index (χ2v) is 2.72. The van der Waals surface area contributed by atoms with Gasteiger partial charge in [-0.1, -0.05) is 6.07 Å². The average molecular weight is 193 g/mol. The Morgan fingerprint density at radius 3 is 2.86 bits per heavy atom. The maximum Gasteiger partial charge on any atom is 0.247 e. The van der Waals surface area contributed by atoms with Crippen molar-refractivity contribution in [3.63, 3.8) is 0 Å². The fourth-order valence-electron chi connectivity index (χ4n) is 1.07. The van der Waals surface area contributed by atoms with Crippen molar-refractivity contribution in [2.24, 2.45) is 5.73 Å². The van der Waals surface area contributed by atoms with Crippen LogP contribution in [0.1, 0.15) is 5.89 Å². The molecule has 14 heavy (non-hydrogen) atoms. The predicted octanol–water partition coefficient (Wildman–Crippen LogP) is 1.33. The molecule has 4 nitrogen and oxygen atoms in total. The lowest BCUT2D eigenvalue weighted by Gasteiger charge is -1.93. The number of halogens is 1. The number of aromatic nitrogens is 2. The largest absolute Gasteiger partial charge is 0.419 e. The molecule has 0 aliphatic rings. The normalized spacial score (nSPS) is 10.4. The maximum atomic E-state index is 12.8. The molecule has 0 saturated heterocycles. The van der Waals surface area contributed by atoms with E-state index in [1.54, 1.807) is 12.1 Å². The molecule has 0 bridgehead atoms. The molecule has 0 atom stereocenters. The van der Waals surface area contributed by atoms with Gasteiger partial charge in [-0.2, -0.15) is 0 Å². The van der Waals surface area contributed by atoms with Crippen LogP contribution in [0.4, 0.5) is 4.39 Å². The van der Waals surface area contributed by atoms with Crippen LogP contribution in [0.2, 0.25) is 0 Å². The lowest BCUT2D eigenvalue weighted by Crippen LogP contribution is -1.95. The zero-order valence-electron chi connectivity index (χ0n) is 7.27. The Balaban J connectivity index is 2.39. The number of nitrogens with two attached hydrogens (primary N) is 1. The quantitative estimate of drug-likeness (QED) is 0.781. The summed E-state index contributed by atoms with van der Waals surface area (Å²) in [6.07, 6.45) is 0. The van der Waals surface area contributed by atoms with Crippen LogP contribution >= 0.6 is 0 Å². The Bertz CT molecular complexity index is 441. The molecule has 0 aliphatic heterocycles. The molecule has 2 rings (SSSR count). The minimum Gasteiger partial charge on any atom is -0.419 e. The molecule has 1 aromatic carbocycles. The second-order valence-electron chi connectivity index (χ2n) is 2.72. The lowest BCUT2D eigenvalue weighted by molar-refractivity contribution is 0.508. The van der Waals surface area contributed by atoms with Gasteiger partial charge >= 0.3 is 0 Å². The highest BCUT2D eigenvalue weighted by Crippen LogP contribution is 2.17. The molecule has 2 aromatic rings. The third-order valence-corrected chi connectivity index (χ3v) is 1.71. The fraction of sp³-hybridized carbons (Fsp3) is 0.111. The molecular formula is C9H8FN3O. The first-order chi connectivity index (χ1) is 6.79. The molecule has 0 fully saturated rings. The SMILES string of the molecule is NCc1nnc(-c2cccc(F)c2)o1. The molecule has 0 saturated carbocycles. The van der Waals surface area contributed by atoms with Gasteiger partial charge in [0, 0.05) is 5.56 Å². The zero-order valence-corrected chi connectivity index (χ0v) is 7.27. The summed E-state index contributed by atoms with van der Waals surface area (Å²) in [5.41, 5.74) is 5.85. The smallest absolute Gasteiger partial charge is 0.247 e. The van der Waals surface area contributed by atoms with E-state index < -0.39 is 0 Å². The molecule has 0 unspecified atom stereocenters. The Morgan fingerprint density at radius 1 is 1.36 bits per heavy atom. The van der Waals surface area contributed by atoms with Crippen molar-refractivity contribution in [1.29, 1.82) is 0 Å². The summed E-state index contributed by atoms with van der Waals surface area (Å²) >= 11 is 0. The van der Waals surface area contributed by atoms with Crippen molar-refractivity contribution in [3.05, 3.63) is 36.0 Å². The van der Waals surface area contributed by atoms with Gasteiger partial charge in [0.05, 0.1) is 6.54 Å². The third-order valence-electron chi connectivity index (χ3n) is 1.71. The summed E-state index contributed by atoms with van der Waals surface area (Å²) in [5.74, 6) is 0.282. The maximum absolute atomic E-state index is 12.8. The summed E-state index contributed by atoms with van der Waals surface area (Å²) in [5, 5.41) is 7.41. The van der Waals surface area contributed by atoms with E-state index in [0.717, 1.165) is 0 Å². The van der Waals surface area contributed by atoms with Crippen LogP contribution in [0, 0.1) is 5.82 Å². The Morgan fingerprint density at radius 2 is 2.21 bits per heavy atom. The minimum atomic E-state index is -0.338. The van der Waals surface area contributed by atoms with E-state index in [-0.39, 0.29) is 18.3 Å². The second kappa shape index (κ2) is 3.55. The molecule has 0 radical (unpaired) electrons. The Labute approximate surface area is 79.6 Å². The fourth-order valence-corrected chi connectivity index (χ4v) is 1.07. The van der Waals surface area contributed by atoms with Gasteiger partial charge in [-0.15, -0.1) is 10.2 Å². The zero-order chi connectivity index (χ0) is 9.97. The highest BCUT2D eigenvalue weighted by Gasteiger charge is 2.07. The molecule has 5 heteroatoms.